The van der Waals surface area contributed by atoms with Crippen molar-refractivity contribution in [2.75, 3.05) is 14.2 Å². The Labute approximate surface area is 141 Å². The molecule has 0 aliphatic rings. The highest BCUT2D eigenvalue weighted by atomic mass is 79.9. The van der Waals surface area contributed by atoms with Gasteiger partial charge >= 0.3 is 0 Å². The first-order chi connectivity index (χ1) is 11.1. The van der Waals surface area contributed by atoms with Gasteiger partial charge in [-0.2, -0.15) is 5.10 Å². The zero-order valence-corrected chi connectivity index (χ0v) is 14.3. The number of aromatic nitrogens is 2. The van der Waals surface area contributed by atoms with Gasteiger partial charge in [0.25, 0.3) is 5.56 Å². The quantitative estimate of drug-likeness (QED) is 0.760. The van der Waals surface area contributed by atoms with E-state index >= 15 is 0 Å². The maximum atomic E-state index is 12.1. The molecule has 1 N–H and O–H groups in total. The summed E-state index contributed by atoms with van der Waals surface area (Å²) in [7, 11) is 3.11. The van der Waals surface area contributed by atoms with Crippen molar-refractivity contribution in [3.8, 4) is 11.5 Å². The lowest BCUT2D eigenvalue weighted by molar-refractivity contribution is 0.356. The van der Waals surface area contributed by atoms with Crippen molar-refractivity contribution in [2.45, 2.75) is 6.42 Å². The number of rotatable bonds is 4. The largest absolute Gasteiger partial charge is 0.493 e. The average molecular weight is 375 g/mol. The number of nitrogens with zero attached hydrogens (tertiary/aromatic N) is 1. The second kappa shape index (κ2) is 6.42. The highest BCUT2D eigenvalue weighted by Crippen LogP contribution is 2.32. The van der Waals surface area contributed by atoms with Gasteiger partial charge < -0.3 is 9.47 Å². The van der Waals surface area contributed by atoms with Gasteiger partial charge in [0.05, 0.1) is 25.3 Å². The minimum absolute atomic E-state index is 0.250. The van der Waals surface area contributed by atoms with Crippen molar-refractivity contribution in [3.05, 3.63) is 62.5 Å². The van der Waals surface area contributed by atoms with E-state index in [0.717, 1.165) is 21.1 Å². The van der Waals surface area contributed by atoms with Crippen LogP contribution in [0.25, 0.3) is 10.8 Å². The number of H-pyrrole nitrogens is 1. The molecule has 0 saturated carbocycles. The Balaban J connectivity index is 2.15. The van der Waals surface area contributed by atoms with Crippen molar-refractivity contribution in [1.82, 2.24) is 10.2 Å². The van der Waals surface area contributed by atoms with Crippen LogP contribution in [-0.4, -0.2) is 24.4 Å². The Hall–Kier alpha value is -2.34. The number of aromatic amines is 1. The van der Waals surface area contributed by atoms with Crippen LogP contribution in [0.4, 0.5) is 0 Å². The van der Waals surface area contributed by atoms with Gasteiger partial charge in [-0.05, 0) is 29.8 Å². The lowest BCUT2D eigenvalue weighted by Gasteiger charge is -2.11. The highest BCUT2D eigenvalue weighted by Gasteiger charge is 2.13. The standard InChI is InChI=1S/C17H15BrN2O3/c1-22-15-8-12-13(9-16(15)23-2)17(21)20-19-14(12)7-10-3-5-11(18)6-4-10/h3-6,8-9H,7H2,1-2H3,(H,20,21). The summed E-state index contributed by atoms with van der Waals surface area (Å²) in [5, 5.41) is 8.05. The summed E-state index contributed by atoms with van der Waals surface area (Å²) in [5.41, 5.74) is 1.63. The highest BCUT2D eigenvalue weighted by molar-refractivity contribution is 9.10. The van der Waals surface area contributed by atoms with Crippen LogP contribution in [0.3, 0.4) is 0 Å². The number of ether oxygens (including phenoxy) is 2. The second-order valence-corrected chi connectivity index (χ2v) is 5.97. The number of benzene rings is 2. The number of halogens is 1. The molecule has 0 radical (unpaired) electrons. The monoisotopic (exact) mass is 374 g/mol. The predicted octanol–water partition coefficient (Wildman–Crippen LogP) is 3.29. The maximum Gasteiger partial charge on any atom is 0.272 e. The van der Waals surface area contributed by atoms with E-state index in [4.69, 9.17) is 9.47 Å². The molecule has 23 heavy (non-hydrogen) atoms. The first kappa shape index (κ1) is 15.6. The topological polar surface area (TPSA) is 64.2 Å². The molecule has 0 aliphatic carbocycles. The van der Waals surface area contributed by atoms with E-state index < -0.39 is 0 Å². The fourth-order valence-corrected chi connectivity index (χ4v) is 2.74. The second-order valence-electron chi connectivity index (χ2n) is 5.06. The molecule has 0 bridgehead atoms. The molecule has 0 spiro atoms. The van der Waals surface area contributed by atoms with E-state index in [1.165, 1.54) is 0 Å². The van der Waals surface area contributed by atoms with Crippen LogP contribution in [0.5, 0.6) is 11.5 Å². The van der Waals surface area contributed by atoms with Gasteiger partial charge in [-0.15, -0.1) is 0 Å². The summed E-state index contributed by atoms with van der Waals surface area (Å²) >= 11 is 3.42. The lowest BCUT2D eigenvalue weighted by atomic mass is 10.0. The van der Waals surface area contributed by atoms with Crippen LogP contribution in [0, 0.1) is 0 Å². The third-order valence-corrected chi connectivity index (χ3v) is 4.19. The molecule has 0 aliphatic heterocycles. The summed E-state index contributed by atoms with van der Waals surface area (Å²) in [6.07, 6.45) is 0.607. The molecule has 1 heterocycles. The van der Waals surface area contributed by atoms with E-state index in [2.05, 4.69) is 26.1 Å². The van der Waals surface area contributed by atoms with Crippen LogP contribution < -0.4 is 15.0 Å². The Morgan fingerprint density at radius 3 is 2.26 bits per heavy atom. The Morgan fingerprint density at radius 2 is 1.65 bits per heavy atom. The molecule has 0 unspecified atom stereocenters. The third-order valence-electron chi connectivity index (χ3n) is 3.66. The Morgan fingerprint density at radius 1 is 1.04 bits per heavy atom. The van der Waals surface area contributed by atoms with Gasteiger partial charge in [0.15, 0.2) is 11.5 Å². The van der Waals surface area contributed by atoms with Gasteiger partial charge in [0, 0.05) is 16.3 Å². The number of nitrogens with one attached hydrogen (secondary N) is 1. The molecule has 6 heteroatoms. The molecular formula is C17H15BrN2O3. The Bertz CT molecular complexity index is 904. The third kappa shape index (κ3) is 3.07. The first-order valence-corrected chi connectivity index (χ1v) is 7.79. The van der Waals surface area contributed by atoms with Crippen molar-refractivity contribution in [3.63, 3.8) is 0 Å². The fourth-order valence-electron chi connectivity index (χ4n) is 2.47. The van der Waals surface area contributed by atoms with Crippen molar-refractivity contribution < 1.29 is 9.47 Å². The van der Waals surface area contributed by atoms with Crippen molar-refractivity contribution in [2.24, 2.45) is 0 Å². The molecule has 3 aromatic rings. The lowest BCUT2D eigenvalue weighted by Crippen LogP contribution is -2.12. The van der Waals surface area contributed by atoms with Crippen LogP contribution in [0.2, 0.25) is 0 Å². The van der Waals surface area contributed by atoms with Crippen molar-refractivity contribution >= 4 is 26.7 Å². The number of methoxy groups -OCH3 is 2. The molecule has 1 aromatic heterocycles. The van der Waals surface area contributed by atoms with E-state index in [9.17, 15) is 4.79 Å². The van der Waals surface area contributed by atoms with E-state index in [1.54, 1.807) is 26.4 Å². The SMILES string of the molecule is COc1cc2c(Cc3ccc(Br)cc3)n[nH]c(=O)c2cc1OC. The summed E-state index contributed by atoms with van der Waals surface area (Å²) < 4.78 is 11.6. The summed E-state index contributed by atoms with van der Waals surface area (Å²) in [4.78, 5) is 12.1. The van der Waals surface area contributed by atoms with E-state index in [0.29, 0.717) is 23.3 Å². The zero-order valence-electron chi connectivity index (χ0n) is 12.7. The van der Waals surface area contributed by atoms with Crippen LogP contribution in [0.1, 0.15) is 11.3 Å². The first-order valence-electron chi connectivity index (χ1n) is 7.00. The molecule has 118 valence electrons. The maximum absolute atomic E-state index is 12.1. The molecule has 2 aromatic carbocycles. The summed E-state index contributed by atoms with van der Waals surface area (Å²) in [5.74, 6) is 1.09. The fraction of sp³-hybridized carbons (Fsp3) is 0.176. The molecular weight excluding hydrogens is 360 g/mol. The summed E-state index contributed by atoms with van der Waals surface area (Å²) in [6, 6.07) is 11.5. The Kier molecular flexibility index (Phi) is 4.34. The number of hydrogen-bond acceptors (Lipinski definition) is 4. The zero-order chi connectivity index (χ0) is 16.4. The smallest absolute Gasteiger partial charge is 0.272 e. The van der Waals surface area contributed by atoms with Gasteiger partial charge in [0.2, 0.25) is 0 Å². The van der Waals surface area contributed by atoms with Gasteiger partial charge in [0.1, 0.15) is 0 Å². The van der Waals surface area contributed by atoms with Crippen LogP contribution >= 0.6 is 15.9 Å². The van der Waals surface area contributed by atoms with Crippen LogP contribution in [-0.2, 0) is 6.42 Å². The normalized spacial score (nSPS) is 10.7. The molecule has 0 amide bonds. The molecule has 3 rings (SSSR count). The van der Waals surface area contributed by atoms with Crippen LogP contribution in [0.15, 0.2) is 45.7 Å². The number of hydrogen-bond donors (Lipinski definition) is 1. The molecule has 0 saturated heterocycles. The molecule has 5 nitrogen and oxygen atoms in total. The van der Waals surface area contributed by atoms with Gasteiger partial charge in [-0.25, -0.2) is 5.10 Å². The van der Waals surface area contributed by atoms with Gasteiger partial charge in [-0.3, -0.25) is 4.79 Å². The van der Waals surface area contributed by atoms with E-state index in [-0.39, 0.29) is 5.56 Å². The molecule has 0 atom stereocenters. The number of fused-ring (bicyclic) bond motifs is 1. The predicted molar refractivity (Wildman–Crippen MR) is 92.4 cm³/mol. The van der Waals surface area contributed by atoms with Gasteiger partial charge in [-0.1, -0.05) is 28.1 Å². The minimum atomic E-state index is -0.250. The molecule has 0 fully saturated rings. The summed E-state index contributed by atoms with van der Waals surface area (Å²) in [6.45, 7) is 0. The average Bonchev–Trinajstić information content (AvgIpc) is 2.58. The van der Waals surface area contributed by atoms with Crippen molar-refractivity contribution in [1.29, 1.82) is 0 Å². The minimum Gasteiger partial charge on any atom is -0.493 e. The van der Waals surface area contributed by atoms with E-state index in [1.807, 2.05) is 24.3 Å².